The van der Waals surface area contributed by atoms with Gasteiger partial charge in [0.05, 0.1) is 23.7 Å². The number of aromatic nitrogens is 2. The second-order valence-corrected chi connectivity index (χ2v) is 4.11. The van der Waals surface area contributed by atoms with Crippen molar-refractivity contribution in [2.45, 2.75) is 33.1 Å². The van der Waals surface area contributed by atoms with E-state index >= 15 is 0 Å². The molecule has 2 aromatic rings. The molecule has 2 heterocycles. The second kappa shape index (κ2) is 3.57. The van der Waals surface area contributed by atoms with Crippen molar-refractivity contribution in [2.24, 2.45) is 0 Å². The SMILES string of the molecule is CCc1ncn2cc(O)cc(C(C)C)c12. The normalized spacial score (nSPS) is 11.5. The Morgan fingerprint density at radius 3 is 2.80 bits per heavy atom. The third kappa shape index (κ3) is 1.58. The Kier molecular flexibility index (Phi) is 2.39. The molecule has 0 unspecified atom stereocenters. The smallest absolute Gasteiger partial charge is 0.132 e. The van der Waals surface area contributed by atoms with Crippen molar-refractivity contribution in [2.75, 3.05) is 0 Å². The molecule has 0 atom stereocenters. The van der Waals surface area contributed by atoms with Crippen molar-refractivity contribution in [1.82, 2.24) is 9.38 Å². The molecule has 3 heteroatoms. The van der Waals surface area contributed by atoms with Crippen LogP contribution in [0.4, 0.5) is 0 Å². The fraction of sp³-hybridized carbons (Fsp3) is 0.417. The van der Waals surface area contributed by atoms with Crippen molar-refractivity contribution in [3.8, 4) is 5.75 Å². The Bertz CT molecular complexity index is 486. The first-order chi connectivity index (χ1) is 7.13. The van der Waals surface area contributed by atoms with Crippen molar-refractivity contribution >= 4 is 5.52 Å². The molecule has 3 nitrogen and oxygen atoms in total. The molecule has 80 valence electrons. The zero-order chi connectivity index (χ0) is 11.0. The third-order valence-electron chi connectivity index (χ3n) is 2.67. The van der Waals surface area contributed by atoms with E-state index in [1.165, 1.54) is 0 Å². The summed E-state index contributed by atoms with van der Waals surface area (Å²) >= 11 is 0. The number of hydrogen-bond donors (Lipinski definition) is 1. The van der Waals surface area contributed by atoms with Crippen LogP contribution in [-0.2, 0) is 6.42 Å². The molecule has 0 fully saturated rings. The van der Waals surface area contributed by atoms with Gasteiger partial charge in [-0.05, 0) is 24.0 Å². The number of aromatic hydroxyl groups is 1. The number of nitrogens with zero attached hydrogens (tertiary/aromatic N) is 2. The average molecular weight is 204 g/mol. The van der Waals surface area contributed by atoms with Gasteiger partial charge < -0.3 is 9.51 Å². The molecule has 0 radical (unpaired) electrons. The van der Waals surface area contributed by atoms with Crippen LogP contribution in [0.1, 0.15) is 37.9 Å². The van der Waals surface area contributed by atoms with E-state index in [1.807, 2.05) is 10.5 Å². The maximum absolute atomic E-state index is 9.59. The van der Waals surface area contributed by atoms with E-state index in [9.17, 15) is 5.11 Å². The van der Waals surface area contributed by atoms with Crippen molar-refractivity contribution in [1.29, 1.82) is 0 Å². The van der Waals surface area contributed by atoms with Crippen molar-refractivity contribution in [3.63, 3.8) is 0 Å². The maximum atomic E-state index is 9.59. The van der Waals surface area contributed by atoms with E-state index in [2.05, 4.69) is 25.8 Å². The summed E-state index contributed by atoms with van der Waals surface area (Å²) in [7, 11) is 0. The van der Waals surface area contributed by atoms with Crippen molar-refractivity contribution in [3.05, 3.63) is 29.8 Å². The van der Waals surface area contributed by atoms with E-state index in [-0.39, 0.29) is 0 Å². The van der Waals surface area contributed by atoms with Gasteiger partial charge in [0.2, 0.25) is 0 Å². The molecule has 0 bridgehead atoms. The average Bonchev–Trinajstić information content (AvgIpc) is 2.58. The van der Waals surface area contributed by atoms with Crippen LogP contribution >= 0.6 is 0 Å². The Labute approximate surface area is 89.4 Å². The molecule has 0 aliphatic heterocycles. The number of aryl methyl sites for hydroxylation is 1. The largest absolute Gasteiger partial charge is 0.506 e. The highest BCUT2D eigenvalue weighted by molar-refractivity contribution is 5.61. The van der Waals surface area contributed by atoms with Gasteiger partial charge in [0.1, 0.15) is 5.75 Å². The summed E-state index contributed by atoms with van der Waals surface area (Å²) < 4.78 is 1.91. The molecule has 15 heavy (non-hydrogen) atoms. The van der Waals surface area contributed by atoms with Gasteiger partial charge in [0.25, 0.3) is 0 Å². The zero-order valence-electron chi connectivity index (χ0n) is 9.36. The molecular formula is C12H16N2O. The van der Waals surface area contributed by atoms with E-state index in [4.69, 9.17) is 0 Å². The van der Waals surface area contributed by atoms with Crippen LogP contribution in [-0.4, -0.2) is 14.5 Å². The minimum Gasteiger partial charge on any atom is -0.506 e. The van der Waals surface area contributed by atoms with E-state index in [0.29, 0.717) is 11.7 Å². The summed E-state index contributed by atoms with van der Waals surface area (Å²) in [6.45, 7) is 6.35. The fourth-order valence-corrected chi connectivity index (χ4v) is 1.92. The number of hydrogen-bond acceptors (Lipinski definition) is 2. The standard InChI is InChI=1S/C12H16N2O/c1-4-11-12-10(8(2)3)5-9(15)6-14(12)7-13-11/h5-8,15H,4H2,1-3H3. The summed E-state index contributed by atoms with van der Waals surface area (Å²) in [5.41, 5.74) is 3.40. The lowest BCUT2D eigenvalue weighted by atomic mass is 10.0. The predicted octanol–water partition coefficient (Wildman–Crippen LogP) is 2.73. The van der Waals surface area contributed by atoms with Crippen LogP contribution in [0, 0.1) is 0 Å². The van der Waals surface area contributed by atoms with Crippen molar-refractivity contribution < 1.29 is 5.11 Å². The topological polar surface area (TPSA) is 37.5 Å². The zero-order valence-corrected chi connectivity index (χ0v) is 9.36. The lowest BCUT2D eigenvalue weighted by Gasteiger charge is -2.10. The van der Waals surface area contributed by atoms with Crippen LogP contribution in [0.15, 0.2) is 18.6 Å². The van der Waals surface area contributed by atoms with Crippen LogP contribution in [0.25, 0.3) is 5.52 Å². The lowest BCUT2D eigenvalue weighted by molar-refractivity contribution is 0.470. The Hall–Kier alpha value is -1.51. The predicted molar refractivity (Wildman–Crippen MR) is 60.3 cm³/mol. The lowest BCUT2D eigenvalue weighted by Crippen LogP contribution is -1.95. The number of imidazole rings is 1. The van der Waals surface area contributed by atoms with Gasteiger partial charge in [-0.1, -0.05) is 20.8 Å². The van der Waals surface area contributed by atoms with Gasteiger partial charge in [-0.15, -0.1) is 0 Å². The molecular weight excluding hydrogens is 188 g/mol. The van der Waals surface area contributed by atoms with Gasteiger partial charge in [-0.2, -0.15) is 0 Å². The first-order valence-corrected chi connectivity index (χ1v) is 5.32. The van der Waals surface area contributed by atoms with Crippen LogP contribution in [0.5, 0.6) is 5.75 Å². The molecule has 2 rings (SSSR count). The quantitative estimate of drug-likeness (QED) is 0.816. The van der Waals surface area contributed by atoms with Gasteiger partial charge in [-0.25, -0.2) is 4.98 Å². The second-order valence-electron chi connectivity index (χ2n) is 4.11. The molecule has 0 aliphatic rings. The number of rotatable bonds is 2. The molecule has 0 aliphatic carbocycles. The maximum Gasteiger partial charge on any atom is 0.132 e. The molecule has 0 saturated heterocycles. The van der Waals surface area contributed by atoms with Gasteiger partial charge in [0.15, 0.2) is 0 Å². The Morgan fingerprint density at radius 2 is 2.20 bits per heavy atom. The van der Waals surface area contributed by atoms with Gasteiger partial charge in [-0.3, -0.25) is 0 Å². The molecule has 0 amide bonds. The number of pyridine rings is 1. The molecule has 2 aromatic heterocycles. The molecule has 0 aromatic carbocycles. The highest BCUT2D eigenvalue weighted by Gasteiger charge is 2.12. The summed E-state index contributed by atoms with van der Waals surface area (Å²) in [4.78, 5) is 4.35. The van der Waals surface area contributed by atoms with Gasteiger partial charge >= 0.3 is 0 Å². The van der Waals surface area contributed by atoms with Crippen LogP contribution in [0.2, 0.25) is 0 Å². The summed E-state index contributed by atoms with van der Waals surface area (Å²) in [6, 6.07) is 1.83. The van der Waals surface area contributed by atoms with E-state index < -0.39 is 0 Å². The monoisotopic (exact) mass is 204 g/mol. The van der Waals surface area contributed by atoms with E-state index in [0.717, 1.165) is 23.2 Å². The summed E-state index contributed by atoms with van der Waals surface area (Å²) in [5.74, 6) is 0.688. The third-order valence-corrected chi connectivity index (χ3v) is 2.67. The minimum atomic E-state index is 0.297. The first kappa shape index (κ1) is 10.0. The molecule has 0 spiro atoms. The highest BCUT2D eigenvalue weighted by Crippen LogP contribution is 2.27. The summed E-state index contributed by atoms with van der Waals surface area (Å²) in [6.07, 6.45) is 4.38. The Morgan fingerprint density at radius 1 is 1.47 bits per heavy atom. The highest BCUT2D eigenvalue weighted by atomic mass is 16.3. The fourth-order valence-electron chi connectivity index (χ4n) is 1.92. The van der Waals surface area contributed by atoms with E-state index in [1.54, 1.807) is 12.5 Å². The van der Waals surface area contributed by atoms with Crippen LogP contribution < -0.4 is 0 Å². The minimum absolute atomic E-state index is 0.297. The molecule has 0 saturated carbocycles. The Balaban J connectivity index is 2.79. The van der Waals surface area contributed by atoms with Crippen LogP contribution in [0.3, 0.4) is 0 Å². The summed E-state index contributed by atoms with van der Waals surface area (Å²) in [5, 5.41) is 9.59. The molecule has 1 N–H and O–H groups in total. The van der Waals surface area contributed by atoms with Gasteiger partial charge in [0, 0.05) is 0 Å². The first-order valence-electron chi connectivity index (χ1n) is 5.32. The number of fused-ring (bicyclic) bond motifs is 1.